The predicted molar refractivity (Wildman–Crippen MR) is 140 cm³/mol. The molecule has 0 aliphatic carbocycles. The number of nitrogens with zero attached hydrogens (tertiary/aromatic N) is 2. The van der Waals surface area contributed by atoms with Crippen LogP contribution in [0, 0.1) is 6.92 Å². The highest BCUT2D eigenvalue weighted by Crippen LogP contribution is 2.35. The Balaban J connectivity index is 1.72. The van der Waals surface area contributed by atoms with Gasteiger partial charge in [0.05, 0.1) is 22.8 Å². The van der Waals surface area contributed by atoms with Crippen molar-refractivity contribution in [1.82, 2.24) is 9.88 Å². The number of aromatic nitrogens is 1. The van der Waals surface area contributed by atoms with Crippen molar-refractivity contribution in [3.8, 4) is 5.75 Å². The maximum absolute atomic E-state index is 13.6. The highest BCUT2D eigenvalue weighted by Gasteiger charge is 2.26. The van der Waals surface area contributed by atoms with E-state index in [1.165, 1.54) is 15.6 Å². The average Bonchev–Trinajstić information content (AvgIpc) is 3.49. The van der Waals surface area contributed by atoms with Crippen molar-refractivity contribution < 1.29 is 13.2 Å². The Morgan fingerprint density at radius 1 is 1.03 bits per heavy atom. The van der Waals surface area contributed by atoms with Gasteiger partial charge >= 0.3 is 0 Å². The van der Waals surface area contributed by atoms with Crippen molar-refractivity contribution in [2.75, 3.05) is 30.5 Å². The summed E-state index contributed by atoms with van der Waals surface area (Å²) >= 11 is 1.37. The van der Waals surface area contributed by atoms with Gasteiger partial charge in [0, 0.05) is 22.8 Å². The molecule has 0 saturated carbocycles. The minimum atomic E-state index is -3.73. The van der Waals surface area contributed by atoms with E-state index in [0.717, 1.165) is 47.5 Å². The van der Waals surface area contributed by atoms with E-state index in [4.69, 9.17) is 4.74 Å². The van der Waals surface area contributed by atoms with Crippen LogP contribution < -0.4 is 9.04 Å². The molecule has 0 aliphatic rings. The molecule has 4 aromatic rings. The molecule has 0 unspecified atom stereocenters. The number of hydrogen-bond acceptors (Lipinski definition) is 5. The third-order valence-electron chi connectivity index (χ3n) is 6.00. The van der Waals surface area contributed by atoms with Crippen LogP contribution >= 0.6 is 11.3 Å². The Kier molecular flexibility index (Phi) is 7.60. The van der Waals surface area contributed by atoms with Crippen molar-refractivity contribution in [2.24, 2.45) is 0 Å². The summed E-state index contributed by atoms with van der Waals surface area (Å²) in [5.74, 6) is 0.775. The highest BCUT2D eigenvalue weighted by atomic mass is 32.2. The van der Waals surface area contributed by atoms with Crippen molar-refractivity contribution >= 4 is 38.0 Å². The zero-order valence-electron chi connectivity index (χ0n) is 19.8. The SMILES string of the molecule is CCN(CC)CCOc1c(C)[nH]c2ccc(N(Cc3ccccc3)S(=O)(=O)c3ccsc3)cc12. The predicted octanol–water partition coefficient (Wildman–Crippen LogP) is 5.65. The average molecular weight is 498 g/mol. The molecule has 180 valence electrons. The van der Waals surface area contributed by atoms with Crippen LogP contribution in [0.2, 0.25) is 0 Å². The number of sulfonamides is 1. The number of benzene rings is 2. The number of thiophene rings is 1. The van der Waals surface area contributed by atoms with Crippen molar-refractivity contribution in [3.05, 3.63) is 76.6 Å². The summed E-state index contributed by atoms with van der Waals surface area (Å²) in [6.07, 6.45) is 0. The van der Waals surface area contributed by atoms with Gasteiger partial charge in [0.25, 0.3) is 10.0 Å². The number of fused-ring (bicyclic) bond motifs is 1. The molecule has 0 spiro atoms. The smallest absolute Gasteiger partial charge is 0.265 e. The number of aryl methyl sites for hydroxylation is 1. The van der Waals surface area contributed by atoms with Crippen molar-refractivity contribution in [1.29, 1.82) is 0 Å². The van der Waals surface area contributed by atoms with Crippen molar-refractivity contribution in [3.63, 3.8) is 0 Å². The number of anilines is 1. The Hall–Kier alpha value is -2.81. The molecule has 1 N–H and O–H groups in total. The Morgan fingerprint density at radius 3 is 2.47 bits per heavy atom. The lowest BCUT2D eigenvalue weighted by Gasteiger charge is -2.24. The number of ether oxygens (including phenoxy) is 1. The van der Waals surface area contributed by atoms with Crippen LogP contribution in [0.1, 0.15) is 25.1 Å². The molecule has 4 rings (SSSR count). The lowest BCUT2D eigenvalue weighted by atomic mass is 10.2. The summed E-state index contributed by atoms with van der Waals surface area (Å²) in [5.41, 5.74) is 3.38. The molecular weight excluding hydrogens is 466 g/mol. The van der Waals surface area contributed by atoms with Gasteiger partial charge in [-0.15, -0.1) is 0 Å². The molecule has 6 nitrogen and oxygen atoms in total. The maximum Gasteiger partial charge on any atom is 0.265 e. The van der Waals surface area contributed by atoms with E-state index in [2.05, 4.69) is 23.7 Å². The van der Waals surface area contributed by atoms with Crippen LogP contribution in [0.3, 0.4) is 0 Å². The summed E-state index contributed by atoms with van der Waals surface area (Å²) < 4.78 is 34.9. The number of aromatic amines is 1. The van der Waals surface area contributed by atoms with Crippen molar-refractivity contribution in [2.45, 2.75) is 32.2 Å². The van der Waals surface area contributed by atoms with Crippen LogP contribution in [0.25, 0.3) is 10.9 Å². The molecular formula is C26H31N3O3S2. The summed E-state index contributed by atoms with van der Waals surface area (Å²) in [7, 11) is -3.73. The standard InChI is InChI=1S/C26H31N3O3S2/c1-4-28(5-2)14-15-32-26-20(3)27-25-12-11-22(17-24(25)26)29(18-21-9-7-6-8-10-21)34(30,31)23-13-16-33-19-23/h6-13,16-17,19,27H,4-5,14-15,18H2,1-3H3. The van der Waals surface area contributed by atoms with Crippen LogP contribution in [-0.2, 0) is 16.6 Å². The van der Waals surface area contributed by atoms with Gasteiger partial charge < -0.3 is 14.6 Å². The normalized spacial score (nSPS) is 11.9. The van der Waals surface area contributed by atoms with Gasteiger partial charge in [-0.25, -0.2) is 8.42 Å². The second kappa shape index (κ2) is 10.6. The monoisotopic (exact) mass is 497 g/mol. The van der Waals surface area contributed by atoms with Gasteiger partial charge in [0.2, 0.25) is 0 Å². The third-order valence-corrected chi connectivity index (χ3v) is 8.60. The van der Waals surface area contributed by atoms with Gasteiger partial charge in [-0.1, -0.05) is 44.2 Å². The zero-order chi connectivity index (χ0) is 24.1. The molecule has 2 aromatic heterocycles. The van der Waals surface area contributed by atoms with Crippen LogP contribution in [0.4, 0.5) is 5.69 Å². The zero-order valence-corrected chi connectivity index (χ0v) is 21.5. The first-order chi connectivity index (χ1) is 16.4. The maximum atomic E-state index is 13.6. The lowest BCUT2D eigenvalue weighted by molar-refractivity contribution is 0.223. The van der Waals surface area contributed by atoms with Gasteiger partial charge in [-0.05, 0) is 55.2 Å². The Labute approximate surface area is 205 Å². The van der Waals surface area contributed by atoms with E-state index in [1.54, 1.807) is 16.8 Å². The fourth-order valence-corrected chi connectivity index (χ4v) is 6.50. The molecule has 0 atom stereocenters. The van der Waals surface area contributed by atoms with Gasteiger partial charge in [-0.3, -0.25) is 4.31 Å². The molecule has 0 bridgehead atoms. The number of likely N-dealkylation sites (N-methyl/N-ethyl adjacent to an activating group) is 1. The second-order valence-electron chi connectivity index (χ2n) is 8.14. The molecule has 0 aliphatic heterocycles. The summed E-state index contributed by atoms with van der Waals surface area (Å²) in [5, 5.41) is 4.34. The Morgan fingerprint density at radius 2 is 1.79 bits per heavy atom. The molecule has 2 heterocycles. The van der Waals surface area contributed by atoms with Gasteiger partial charge in [0.1, 0.15) is 12.4 Å². The minimum absolute atomic E-state index is 0.242. The molecule has 0 saturated heterocycles. The van der Waals surface area contributed by atoms with E-state index in [-0.39, 0.29) is 6.54 Å². The van der Waals surface area contributed by atoms with Gasteiger partial charge in [-0.2, -0.15) is 11.3 Å². The molecule has 0 radical (unpaired) electrons. The van der Waals surface area contributed by atoms with E-state index >= 15 is 0 Å². The van der Waals surface area contributed by atoms with E-state index in [0.29, 0.717) is 17.2 Å². The Bertz CT molecular complexity index is 1310. The lowest BCUT2D eigenvalue weighted by Crippen LogP contribution is -2.30. The fourth-order valence-electron chi connectivity index (χ4n) is 4.04. The summed E-state index contributed by atoms with van der Waals surface area (Å²) in [4.78, 5) is 5.98. The fraction of sp³-hybridized carbons (Fsp3) is 0.308. The molecule has 0 fully saturated rings. The molecule has 0 amide bonds. The summed E-state index contributed by atoms with van der Waals surface area (Å²) in [6.45, 7) is 9.87. The van der Waals surface area contributed by atoms with Gasteiger partial charge in [0.15, 0.2) is 0 Å². The number of rotatable bonds is 11. The van der Waals surface area contributed by atoms with Crippen LogP contribution in [0.15, 0.2) is 70.3 Å². The first-order valence-electron chi connectivity index (χ1n) is 11.5. The molecule has 8 heteroatoms. The molecule has 34 heavy (non-hydrogen) atoms. The number of hydrogen-bond donors (Lipinski definition) is 1. The van der Waals surface area contributed by atoms with E-state index < -0.39 is 10.0 Å². The summed E-state index contributed by atoms with van der Waals surface area (Å²) in [6, 6.07) is 17.0. The third kappa shape index (κ3) is 5.14. The number of nitrogens with one attached hydrogen (secondary N) is 1. The molecule has 2 aromatic carbocycles. The first kappa shape index (κ1) is 24.3. The quantitative estimate of drug-likeness (QED) is 0.291. The minimum Gasteiger partial charge on any atom is -0.490 e. The van der Waals surface area contributed by atoms with Crippen LogP contribution in [-0.4, -0.2) is 44.5 Å². The largest absolute Gasteiger partial charge is 0.490 e. The first-order valence-corrected chi connectivity index (χ1v) is 13.9. The number of H-pyrrole nitrogens is 1. The second-order valence-corrected chi connectivity index (χ2v) is 10.8. The topological polar surface area (TPSA) is 65.6 Å². The van der Waals surface area contributed by atoms with E-state index in [1.807, 2.05) is 55.5 Å². The highest BCUT2D eigenvalue weighted by molar-refractivity contribution is 7.93. The van der Waals surface area contributed by atoms with Crippen LogP contribution in [0.5, 0.6) is 5.75 Å². The van der Waals surface area contributed by atoms with E-state index in [9.17, 15) is 8.42 Å².